The first-order valence-electron chi connectivity index (χ1n) is 6.32. The molecule has 0 bridgehead atoms. The van der Waals surface area contributed by atoms with Gasteiger partial charge in [0.25, 0.3) is 5.91 Å². The molecule has 1 amide bonds. The third-order valence-corrected chi connectivity index (χ3v) is 2.99. The number of nitrogens with zero attached hydrogens (tertiary/aromatic N) is 4. The number of amides is 1. The Bertz CT molecular complexity index is 574. The average Bonchev–Trinajstić information content (AvgIpc) is 2.45. The first kappa shape index (κ1) is 14.0. The molecule has 2 rings (SSSR count). The molecule has 20 heavy (non-hydrogen) atoms. The zero-order valence-corrected chi connectivity index (χ0v) is 11.7. The van der Waals surface area contributed by atoms with Crippen LogP contribution in [0.1, 0.15) is 12.5 Å². The number of anilines is 1. The van der Waals surface area contributed by atoms with Gasteiger partial charge in [-0.15, -0.1) is 0 Å². The summed E-state index contributed by atoms with van der Waals surface area (Å²) in [6.45, 7) is 4.26. The normalized spacial score (nSPS) is 18.8. The highest BCUT2D eigenvalue weighted by Gasteiger charge is 2.35. The summed E-state index contributed by atoms with van der Waals surface area (Å²) < 4.78 is 5.57. The van der Waals surface area contributed by atoms with Crippen molar-refractivity contribution in [1.82, 2.24) is 4.90 Å². The number of rotatable bonds is 3. The topological polar surface area (TPSA) is 68.9 Å². The Morgan fingerprint density at radius 2 is 2.05 bits per heavy atom. The van der Waals surface area contributed by atoms with E-state index in [1.165, 1.54) is 4.90 Å². The molecule has 1 atom stereocenters. The summed E-state index contributed by atoms with van der Waals surface area (Å²) in [5.74, 6) is -0.436. The molecule has 1 aromatic carbocycles. The summed E-state index contributed by atoms with van der Waals surface area (Å²) in [7, 11) is 1.59. The van der Waals surface area contributed by atoms with E-state index in [4.69, 9.17) is 10.00 Å². The minimum Gasteiger partial charge on any atom is -0.339 e. The van der Waals surface area contributed by atoms with E-state index >= 15 is 0 Å². The standard InChI is InChI=1S/C14H16N4O2/c1-4-20-14-17(3)13(19)12(9-15)16-18(14)11-7-5-10(2)6-8-11/h5-8,14H,4H2,1-3H3. The average molecular weight is 272 g/mol. The quantitative estimate of drug-likeness (QED) is 0.835. The lowest BCUT2D eigenvalue weighted by atomic mass is 10.2. The molecule has 1 unspecified atom stereocenters. The van der Waals surface area contributed by atoms with Gasteiger partial charge in [0.2, 0.25) is 12.1 Å². The van der Waals surface area contributed by atoms with Crippen LogP contribution in [-0.4, -0.2) is 36.5 Å². The summed E-state index contributed by atoms with van der Waals surface area (Å²) in [5, 5.41) is 14.7. The van der Waals surface area contributed by atoms with E-state index in [2.05, 4.69) is 5.10 Å². The van der Waals surface area contributed by atoms with Gasteiger partial charge in [0.15, 0.2) is 0 Å². The van der Waals surface area contributed by atoms with Crippen molar-refractivity contribution in [2.45, 2.75) is 20.2 Å². The van der Waals surface area contributed by atoms with Crippen molar-refractivity contribution in [3.8, 4) is 6.07 Å². The van der Waals surface area contributed by atoms with Crippen molar-refractivity contribution in [1.29, 1.82) is 5.26 Å². The summed E-state index contributed by atoms with van der Waals surface area (Å²) in [4.78, 5) is 13.3. The van der Waals surface area contributed by atoms with E-state index in [1.807, 2.05) is 44.2 Å². The molecule has 1 heterocycles. The Morgan fingerprint density at radius 3 is 2.60 bits per heavy atom. The largest absolute Gasteiger partial charge is 0.339 e. The molecule has 6 nitrogen and oxygen atoms in total. The van der Waals surface area contributed by atoms with Crippen LogP contribution in [0.2, 0.25) is 0 Å². The number of nitriles is 1. The second-order valence-electron chi connectivity index (χ2n) is 4.44. The maximum atomic E-state index is 11.9. The number of ether oxygens (including phenoxy) is 1. The number of benzene rings is 1. The van der Waals surface area contributed by atoms with Crippen molar-refractivity contribution in [3.63, 3.8) is 0 Å². The Hall–Kier alpha value is -2.39. The maximum Gasteiger partial charge on any atom is 0.288 e. The number of hydrogen-bond acceptors (Lipinski definition) is 5. The Kier molecular flexibility index (Phi) is 4.01. The second-order valence-corrected chi connectivity index (χ2v) is 4.44. The van der Waals surface area contributed by atoms with Crippen LogP contribution in [0.25, 0.3) is 0 Å². The summed E-state index contributed by atoms with van der Waals surface area (Å²) >= 11 is 0. The van der Waals surface area contributed by atoms with E-state index < -0.39 is 12.3 Å². The molecule has 0 fully saturated rings. The maximum absolute atomic E-state index is 11.9. The van der Waals surface area contributed by atoms with Crippen molar-refractivity contribution in [2.24, 2.45) is 5.10 Å². The summed E-state index contributed by atoms with van der Waals surface area (Å²) in [5.41, 5.74) is 1.73. The third-order valence-electron chi connectivity index (χ3n) is 2.99. The van der Waals surface area contributed by atoms with Gasteiger partial charge in [0, 0.05) is 13.7 Å². The van der Waals surface area contributed by atoms with E-state index in [1.54, 1.807) is 12.1 Å². The number of hydrogen-bond donors (Lipinski definition) is 0. The SMILES string of the molecule is CCOC1N(C)C(=O)C(C#N)=NN1c1ccc(C)cc1. The van der Waals surface area contributed by atoms with Crippen molar-refractivity contribution in [3.05, 3.63) is 29.8 Å². The smallest absolute Gasteiger partial charge is 0.288 e. The van der Waals surface area contributed by atoms with Crippen LogP contribution in [0.3, 0.4) is 0 Å². The summed E-state index contributed by atoms with van der Waals surface area (Å²) in [6, 6.07) is 9.46. The lowest BCUT2D eigenvalue weighted by Gasteiger charge is -2.38. The van der Waals surface area contributed by atoms with Gasteiger partial charge in [-0.05, 0) is 26.0 Å². The van der Waals surface area contributed by atoms with Crippen LogP contribution in [-0.2, 0) is 9.53 Å². The Balaban J connectivity index is 2.45. The lowest BCUT2D eigenvalue weighted by molar-refractivity contribution is -0.137. The Labute approximate surface area is 117 Å². The number of carbonyl (C=O) groups is 1. The van der Waals surface area contributed by atoms with Gasteiger partial charge < -0.3 is 4.74 Å². The lowest BCUT2D eigenvalue weighted by Crippen LogP contribution is -2.55. The van der Waals surface area contributed by atoms with Crippen LogP contribution in [0.15, 0.2) is 29.4 Å². The molecule has 1 aliphatic rings. The van der Waals surface area contributed by atoms with Gasteiger partial charge in [0.05, 0.1) is 5.69 Å². The van der Waals surface area contributed by atoms with Gasteiger partial charge in [-0.2, -0.15) is 10.4 Å². The highest BCUT2D eigenvalue weighted by atomic mass is 16.5. The molecular formula is C14H16N4O2. The molecule has 0 N–H and O–H groups in total. The second kappa shape index (κ2) is 5.72. The minimum atomic E-state index is -0.646. The zero-order chi connectivity index (χ0) is 14.7. The fraction of sp³-hybridized carbons (Fsp3) is 0.357. The van der Waals surface area contributed by atoms with Crippen LogP contribution < -0.4 is 5.01 Å². The molecule has 0 saturated heterocycles. The number of hydrazone groups is 1. The first-order chi connectivity index (χ1) is 9.58. The zero-order valence-electron chi connectivity index (χ0n) is 11.7. The van der Waals surface area contributed by atoms with Crippen LogP contribution in [0, 0.1) is 18.3 Å². The molecule has 104 valence electrons. The third kappa shape index (κ3) is 2.49. The Morgan fingerprint density at radius 1 is 1.40 bits per heavy atom. The van der Waals surface area contributed by atoms with E-state index in [0.29, 0.717) is 6.61 Å². The van der Waals surface area contributed by atoms with Crippen molar-refractivity contribution >= 4 is 17.3 Å². The highest BCUT2D eigenvalue weighted by Crippen LogP contribution is 2.23. The number of carbonyl (C=O) groups excluding carboxylic acids is 1. The molecule has 0 spiro atoms. The van der Waals surface area contributed by atoms with Gasteiger partial charge in [-0.1, -0.05) is 17.7 Å². The molecule has 6 heteroatoms. The summed E-state index contributed by atoms with van der Waals surface area (Å²) in [6.07, 6.45) is -0.646. The number of aryl methyl sites for hydroxylation is 1. The van der Waals surface area contributed by atoms with Gasteiger partial charge in [-0.3, -0.25) is 9.69 Å². The van der Waals surface area contributed by atoms with Gasteiger partial charge >= 0.3 is 0 Å². The predicted octanol–water partition coefficient (Wildman–Crippen LogP) is 1.47. The van der Waals surface area contributed by atoms with Gasteiger partial charge in [-0.25, -0.2) is 5.01 Å². The fourth-order valence-corrected chi connectivity index (χ4v) is 1.92. The molecule has 0 radical (unpaired) electrons. The van der Waals surface area contributed by atoms with Crippen LogP contribution in [0.5, 0.6) is 0 Å². The van der Waals surface area contributed by atoms with Crippen molar-refractivity contribution in [2.75, 3.05) is 18.7 Å². The minimum absolute atomic E-state index is 0.149. The monoisotopic (exact) mass is 272 g/mol. The first-order valence-corrected chi connectivity index (χ1v) is 6.32. The van der Waals surface area contributed by atoms with Crippen LogP contribution in [0.4, 0.5) is 5.69 Å². The molecule has 0 aromatic heterocycles. The predicted molar refractivity (Wildman–Crippen MR) is 74.9 cm³/mol. The highest BCUT2D eigenvalue weighted by molar-refractivity contribution is 6.45. The fourth-order valence-electron chi connectivity index (χ4n) is 1.92. The van der Waals surface area contributed by atoms with E-state index in [9.17, 15) is 4.79 Å². The van der Waals surface area contributed by atoms with Crippen molar-refractivity contribution < 1.29 is 9.53 Å². The molecule has 0 saturated carbocycles. The molecule has 1 aliphatic heterocycles. The van der Waals surface area contributed by atoms with E-state index in [0.717, 1.165) is 11.3 Å². The van der Waals surface area contributed by atoms with E-state index in [-0.39, 0.29) is 5.71 Å². The van der Waals surface area contributed by atoms with Crippen LogP contribution >= 0.6 is 0 Å². The molecular weight excluding hydrogens is 256 g/mol. The molecule has 0 aliphatic carbocycles. The molecule has 1 aromatic rings. The van der Waals surface area contributed by atoms with Gasteiger partial charge in [0.1, 0.15) is 6.07 Å².